The lowest BCUT2D eigenvalue weighted by molar-refractivity contribution is 0.110. The Balaban J connectivity index is 1.99. The summed E-state index contributed by atoms with van der Waals surface area (Å²) >= 11 is 0. The van der Waals surface area contributed by atoms with E-state index in [-0.39, 0.29) is 0 Å². The zero-order chi connectivity index (χ0) is 14.4. The first-order valence-electron chi connectivity index (χ1n) is 8.10. The second kappa shape index (κ2) is 7.75. The van der Waals surface area contributed by atoms with Crippen LogP contribution in [0.5, 0.6) is 0 Å². The summed E-state index contributed by atoms with van der Waals surface area (Å²) in [4.78, 5) is 7.28. The van der Waals surface area contributed by atoms with Crippen LogP contribution in [-0.4, -0.2) is 35.1 Å². The van der Waals surface area contributed by atoms with Gasteiger partial charge in [-0.2, -0.15) is 0 Å². The Hall–Kier alpha value is -0.930. The molecule has 2 atom stereocenters. The van der Waals surface area contributed by atoms with E-state index in [2.05, 4.69) is 54.2 Å². The van der Waals surface area contributed by atoms with Crippen LogP contribution in [-0.2, 0) is 6.54 Å². The molecule has 0 saturated carbocycles. The summed E-state index contributed by atoms with van der Waals surface area (Å²) in [6, 6.07) is 7.57. The van der Waals surface area contributed by atoms with Gasteiger partial charge in [-0.05, 0) is 58.3 Å². The summed E-state index contributed by atoms with van der Waals surface area (Å²) in [7, 11) is 0. The third-order valence-electron chi connectivity index (χ3n) is 4.27. The number of aromatic nitrogens is 1. The van der Waals surface area contributed by atoms with Crippen molar-refractivity contribution in [3.63, 3.8) is 0 Å². The first kappa shape index (κ1) is 15.5. The summed E-state index contributed by atoms with van der Waals surface area (Å²) in [5.74, 6) is 0. The van der Waals surface area contributed by atoms with Gasteiger partial charge in [-0.15, -0.1) is 0 Å². The van der Waals surface area contributed by atoms with E-state index in [1.54, 1.807) is 0 Å². The van der Waals surface area contributed by atoms with Crippen molar-refractivity contribution in [2.45, 2.75) is 65.1 Å². The lowest BCUT2D eigenvalue weighted by atomic mass is 9.96. The number of nitrogens with one attached hydrogen (secondary N) is 1. The number of hydrogen-bond acceptors (Lipinski definition) is 3. The normalized spacial score (nSPS) is 21.9. The van der Waals surface area contributed by atoms with E-state index >= 15 is 0 Å². The van der Waals surface area contributed by atoms with Crippen molar-refractivity contribution in [1.29, 1.82) is 0 Å². The van der Waals surface area contributed by atoms with Crippen LogP contribution in [0, 0.1) is 6.92 Å². The third-order valence-corrected chi connectivity index (χ3v) is 4.27. The predicted octanol–water partition coefficient (Wildman–Crippen LogP) is 3.13. The summed E-state index contributed by atoms with van der Waals surface area (Å²) in [6.45, 7) is 9.96. The number of aryl methyl sites for hydroxylation is 1. The van der Waals surface area contributed by atoms with E-state index in [4.69, 9.17) is 0 Å². The molecule has 1 N–H and O–H groups in total. The minimum Gasteiger partial charge on any atom is -0.313 e. The van der Waals surface area contributed by atoms with E-state index in [9.17, 15) is 0 Å². The molecule has 3 heteroatoms. The molecular formula is C17H29N3. The van der Waals surface area contributed by atoms with E-state index in [0.717, 1.165) is 18.8 Å². The van der Waals surface area contributed by atoms with Crippen molar-refractivity contribution < 1.29 is 0 Å². The van der Waals surface area contributed by atoms with Gasteiger partial charge < -0.3 is 5.32 Å². The van der Waals surface area contributed by atoms with Gasteiger partial charge in [0.2, 0.25) is 0 Å². The van der Waals surface area contributed by atoms with Crippen molar-refractivity contribution >= 4 is 0 Å². The van der Waals surface area contributed by atoms with E-state index in [0.29, 0.717) is 12.1 Å². The van der Waals surface area contributed by atoms with E-state index < -0.39 is 0 Å². The molecule has 2 heterocycles. The lowest BCUT2D eigenvalue weighted by Gasteiger charge is -2.39. The molecule has 0 bridgehead atoms. The fourth-order valence-electron chi connectivity index (χ4n) is 3.18. The molecule has 20 heavy (non-hydrogen) atoms. The fraction of sp³-hybridized carbons (Fsp3) is 0.706. The number of pyridine rings is 1. The van der Waals surface area contributed by atoms with Crippen LogP contribution in [0.4, 0.5) is 0 Å². The molecule has 1 aromatic heterocycles. The minimum atomic E-state index is 0.569. The van der Waals surface area contributed by atoms with Crippen molar-refractivity contribution in [3.8, 4) is 0 Å². The lowest BCUT2D eigenvalue weighted by Crippen LogP contribution is -2.50. The highest BCUT2D eigenvalue weighted by molar-refractivity contribution is 5.10. The van der Waals surface area contributed by atoms with Crippen LogP contribution < -0.4 is 5.32 Å². The molecule has 0 aromatic carbocycles. The Morgan fingerprint density at radius 1 is 1.40 bits per heavy atom. The first-order chi connectivity index (χ1) is 9.70. The molecule has 112 valence electrons. The standard InChI is InChI=1S/C17H29N3/c1-4-11-18-15(3)17-10-5-6-12-20(17)13-16-9-7-8-14(2)19-16/h7-9,15,17-18H,4-6,10-13H2,1-3H3. The van der Waals surface area contributed by atoms with Gasteiger partial charge in [0, 0.05) is 24.3 Å². The smallest absolute Gasteiger partial charge is 0.0547 e. The molecule has 1 aliphatic rings. The highest BCUT2D eigenvalue weighted by Gasteiger charge is 2.27. The van der Waals surface area contributed by atoms with Crippen LogP contribution in [0.3, 0.4) is 0 Å². The maximum absolute atomic E-state index is 4.66. The van der Waals surface area contributed by atoms with Gasteiger partial charge in [0.05, 0.1) is 5.69 Å². The van der Waals surface area contributed by atoms with Crippen LogP contribution in [0.1, 0.15) is 50.9 Å². The first-order valence-corrected chi connectivity index (χ1v) is 8.10. The highest BCUT2D eigenvalue weighted by Crippen LogP contribution is 2.21. The van der Waals surface area contributed by atoms with Crippen molar-refractivity contribution in [2.75, 3.05) is 13.1 Å². The summed E-state index contributed by atoms with van der Waals surface area (Å²) in [6.07, 6.45) is 5.20. The maximum Gasteiger partial charge on any atom is 0.0547 e. The minimum absolute atomic E-state index is 0.569. The van der Waals surface area contributed by atoms with E-state index in [1.165, 1.54) is 37.9 Å². The summed E-state index contributed by atoms with van der Waals surface area (Å²) in [5.41, 5.74) is 2.33. The molecule has 2 unspecified atom stereocenters. The molecule has 0 amide bonds. The second-order valence-electron chi connectivity index (χ2n) is 6.05. The van der Waals surface area contributed by atoms with Crippen LogP contribution >= 0.6 is 0 Å². The monoisotopic (exact) mass is 275 g/mol. The molecule has 1 fully saturated rings. The fourth-order valence-corrected chi connectivity index (χ4v) is 3.18. The molecular weight excluding hydrogens is 246 g/mol. The quantitative estimate of drug-likeness (QED) is 0.864. The molecule has 1 aromatic rings. The maximum atomic E-state index is 4.66. The van der Waals surface area contributed by atoms with Crippen LogP contribution in [0.15, 0.2) is 18.2 Å². The van der Waals surface area contributed by atoms with Crippen molar-refractivity contribution in [1.82, 2.24) is 15.2 Å². The van der Waals surface area contributed by atoms with Crippen molar-refractivity contribution in [3.05, 3.63) is 29.6 Å². The topological polar surface area (TPSA) is 28.2 Å². The van der Waals surface area contributed by atoms with Crippen LogP contribution in [0.25, 0.3) is 0 Å². The Kier molecular flexibility index (Phi) is 5.99. The largest absolute Gasteiger partial charge is 0.313 e. The number of likely N-dealkylation sites (tertiary alicyclic amines) is 1. The average Bonchev–Trinajstić information content (AvgIpc) is 2.45. The zero-order valence-corrected chi connectivity index (χ0v) is 13.2. The Morgan fingerprint density at radius 2 is 2.25 bits per heavy atom. The molecule has 1 aliphatic heterocycles. The molecule has 1 saturated heterocycles. The molecule has 2 rings (SSSR count). The predicted molar refractivity (Wildman–Crippen MR) is 84.8 cm³/mol. The van der Waals surface area contributed by atoms with Gasteiger partial charge in [-0.25, -0.2) is 0 Å². The number of rotatable bonds is 6. The second-order valence-corrected chi connectivity index (χ2v) is 6.05. The van der Waals surface area contributed by atoms with Gasteiger partial charge in [0.15, 0.2) is 0 Å². The number of hydrogen-bond donors (Lipinski definition) is 1. The Morgan fingerprint density at radius 3 is 3.00 bits per heavy atom. The Bertz CT molecular complexity index is 405. The third kappa shape index (κ3) is 4.29. The molecule has 0 radical (unpaired) electrons. The van der Waals surface area contributed by atoms with Gasteiger partial charge in [-0.3, -0.25) is 9.88 Å². The number of piperidine rings is 1. The highest BCUT2D eigenvalue weighted by atomic mass is 15.2. The van der Waals surface area contributed by atoms with Gasteiger partial charge in [0.25, 0.3) is 0 Å². The Labute approximate surface area is 123 Å². The van der Waals surface area contributed by atoms with E-state index in [1.807, 2.05) is 0 Å². The average molecular weight is 275 g/mol. The summed E-state index contributed by atoms with van der Waals surface area (Å²) in [5, 5.41) is 3.67. The van der Waals surface area contributed by atoms with Crippen LogP contribution in [0.2, 0.25) is 0 Å². The van der Waals surface area contributed by atoms with Gasteiger partial charge >= 0.3 is 0 Å². The summed E-state index contributed by atoms with van der Waals surface area (Å²) < 4.78 is 0. The SMILES string of the molecule is CCCNC(C)C1CCCCN1Cc1cccc(C)n1. The molecule has 0 spiro atoms. The van der Waals surface area contributed by atoms with Gasteiger partial charge in [-0.1, -0.05) is 19.4 Å². The van der Waals surface area contributed by atoms with Crippen molar-refractivity contribution in [2.24, 2.45) is 0 Å². The van der Waals surface area contributed by atoms with Gasteiger partial charge in [0.1, 0.15) is 0 Å². The molecule has 3 nitrogen and oxygen atoms in total. The number of nitrogens with zero attached hydrogens (tertiary/aromatic N) is 2. The molecule has 0 aliphatic carbocycles. The zero-order valence-electron chi connectivity index (χ0n) is 13.2.